The van der Waals surface area contributed by atoms with Crippen LogP contribution >= 0.6 is 0 Å². The minimum Gasteiger partial charge on any atom is -0.373 e. The molecular formula is C9H18N2O2. The predicted molar refractivity (Wildman–Crippen MR) is 50.3 cm³/mol. The van der Waals surface area contributed by atoms with Crippen molar-refractivity contribution in [3.05, 3.63) is 0 Å². The summed E-state index contributed by atoms with van der Waals surface area (Å²) in [7, 11) is 0. The van der Waals surface area contributed by atoms with Crippen molar-refractivity contribution < 1.29 is 9.53 Å². The van der Waals surface area contributed by atoms with Gasteiger partial charge in [0.05, 0.1) is 11.6 Å². The fourth-order valence-corrected chi connectivity index (χ4v) is 1.41. The maximum absolute atomic E-state index is 11.2. The minimum atomic E-state index is -0.440. The topological polar surface area (TPSA) is 64.4 Å². The number of nitrogens with two attached hydrogens (primary N) is 1. The van der Waals surface area contributed by atoms with Crippen LogP contribution in [0, 0.1) is 0 Å². The van der Waals surface area contributed by atoms with E-state index in [9.17, 15) is 4.79 Å². The Morgan fingerprint density at radius 3 is 2.92 bits per heavy atom. The summed E-state index contributed by atoms with van der Waals surface area (Å²) in [4.78, 5) is 11.2. The quantitative estimate of drug-likeness (QED) is 0.653. The summed E-state index contributed by atoms with van der Waals surface area (Å²) in [6.07, 6.45) is 2.08. The van der Waals surface area contributed by atoms with E-state index in [1.807, 2.05) is 6.92 Å². The van der Waals surface area contributed by atoms with Crippen LogP contribution < -0.4 is 11.1 Å². The molecule has 0 spiro atoms. The van der Waals surface area contributed by atoms with Crippen molar-refractivity contribution in [1.29, 1.82) is 0 Å². The molecule has 0 aromatic carbocycles. The van der Waals surface area contributed by atoms with Gasteiger partial charge in [0.2, 0.25) is 5.91 Å². The van der Waals surface area contributed by atoms with Gasteiger partial charge in [-0.05, 0) is 26.7 Å². The van der Waals surface area contributed by atoms with Crippen molar-refractivity contribution in [3.63, 3.8) is 0 Å². The number of hydrogen-bond acceptors (Lipinski definition) is 3. The first-order chi connectivity index (χ1) is 6.03. The van der Waals surface area contributed by atoms with Crippen molar-refractivity contribution in [2.24, 2.45) is 5.73 Å². The molecule has 0 bridgehead atoms. The Morgan fingerprint density at radius 1 is 1.77 bits per heavy atom. The highest BCUT2D eigenvalue weighted by atomic mass is 16.5. The Balaban J connectivity index is 2.29. The molecule has 4 nitrogen and oxygen atoms in total. The summed E-state index contributed by atoms with van der Waals surface area (Å²) >= 11 is 0. The van der Waals surface area contributed by atoms with Gasteiger partial charge >= 0.3 is 0 Å². The van der Waals surface area contributed by atoms with Crippen molar-refractivity contribution in [2.75, 3.05) is 13.2 Å². The van der Waals surface area contributed by atoms with Crippen molar-refractivity contribution in [2.45, 2.75) is 38.3 Å². The van der Waals surface area contributed by atoms with Crippen molar-refractivity contribution in [1.82, 2.24) is 5.32 Å². The van der Waals surface area contributed by atoms with E-state index >= 15 is 0 Å². The number of carbonyl (C=O) groups excluding carboxylic acids is 1. The van der Waals surface area contributed by atoms with Crippen LogP contribution in [-0.2, 0) is 9.53 Å². The molecule has 1 heterocycles. The number of hydrogen-bond donors (Lipinski definition) is 2. The fraction of sp³-hybridized carbons (Fsp3) is 0.889. The van der Waals surface area contributed by atoms with Gasteiger partial charge < -0.3 is 15.8 Å². The van der Waals surface area contributed by atoms with Gasteiger partial charge in [-0.2, -0.15) is 0 Å². The lowest BCUT2D eigenvalue weighted by Crippen LogP contribution is -2.45. The van der Waals surface area contributed by atoms with Crippen LogP contribution in [0.2, 0.25) is 0 Å². The van der Waals surface area contributed by atoms with Crippen LogP contribution in [0.3, 0.4) is 0 Å². The number of ether oxygens (including phenoxy) is 1. The highest BCUT2D eigenvalue weighted by Crippen LogP contribution is 2.23. The zero-order valence-corrected chi connectivity index (χ0v) is 8.30. The standard InChI is InChI=1S/C9H18N2O2/c1-7(10)8(12)11-6-9(2)4-3-5-13-9/h7H,3-6,10H2,1-2H3,(H,11,12)/t7-,9?/m1/s1. The first kappa shape index (κ1) is 10.5. The van der Waals surface area contributed by atoms with Gasteiger partial charge in [0.1, 0.15) is 0 Å². The molecule has 0 radical (unpaired) electrons. The summed E-state index contributed by atoms with van der Waals surface area (Å²) < 4.78 is 5.52. The molecule has 13 heavy (non-hydrogen) atoms. The molecule has 76 valence electrons. The Labute approximate surface area is 78.8 Å². The maximum atomic E-state index is 11.2. The average Bonchev–Trinajstić information content (AvgIpc) is 2.48. The zero-order valence-electron chi connectivity index (χ0n) is 8.30. The molecule has 0 aromatic rings. The van der Waals surface area contributed by atoms with E-state index in [1.54, 1.807) is 6.92 Å². The third-order valence-electron chi connectivity index (χ3n) is 2.35. The lowest BCUT2D eigenvalue weighted by molar-refractivity contribution is -0.123. The second-order valence-electron chi connectivity index (χ2n) is 3.91. The van der Waals surface area contributed by atoms with E-state index in [2.05, 4.69) is 5.32 Å². The Morgan fingerprint density at radius 2 is 2.46 bits per heavy atom. The monoisotopic (exact) mass is 186 g/mol. The van der Waals surface area contributed by atoms with E-state index in [1.165, 1.54) is 0 Å². The average molecular weight is 186 g/mol. The maximum Gasteiger partial charge on any atom is 0.236 e. The van der Waals surface area contributed by atoms with Gasteiger partial charge in [0.25, 0.3) is 0 Å². The van der Waals surface area contributed by atoms with Crippen LogP contribution in [0.4, 0.5) is 0 Å². The number of carbonyl (C=O) groups is 1. The SMILES string of the molecule is C[C@@H](N)C(=O)NCC1(C)CCCO1. The molecule has 1 rings (SSSR count). The molecule has 1 amide bonds. The molecule has 0 saturated carbocycles. The van der Waals surface area contributed by atoms with Crippen molar-refractivity contribution >= 4 is 5.91 Å². The molecule has 2 atom stereocenters. The second kappa shape index (κ2) is 4.07. The van der Waals surface area contributed by atoms with Crippen LogP contribution in [0.15, 0.2) is 0 Å². The Bertz CT molecular complexity index is 186. The first-order valence-corrected chi connectivity index (χ1v) is 4.71. The molecule has 1 aliphatic heterocycles. The molecule has 4 heteroatoms. The summed E-state index contributed by atoms with van der Waals surface area (Å²) in [5.74, 6) is -0.114. The lowest BCUT2D eigenvalue weighted by atomic mass is 10.0. The molecule has 0 aromatic heterocycles. The molecule has 0 aliphatic carbocycles. The van der Waals surface area contributed by atoms with Gasteiger partial charge in [-0.15, -0.1) is 0 Å². The zero-order chi connectivity index (χ0) is 9.90. The van der Waals surface area contributed by atoms with Gasteiger partial charge in [-0.3, -0.25) is 4.79 Å². The summed E-state index contributed by atoms with van der Waals surface area (Å²) in [6.45, 7) is 5.05. The highest BCUT2D eigenvalue weighted by Gasteiger charge is 2.30. The van der Waals surface area contributed by atoms with Crippen LogP contribution in [0.25, 0.3) is 0 Å². The van der Waals surface area contributed by atoms with Gasteiger partial charge in [-0.25, -0.2) is 0 Å². The van der Waals surface area contributed by atoms with Gasteiger partial charge in [0, 0.05) is 13.2 Å². The summed E-state index contributed by atoms with van der Waals surface area (Å²) in [5, 5.41) is 2.78. The van der Waals surface area contributed by atoms with Gasteiger partial charge in [0.15, 0.2) is 0 Å². The minimum absolute atomic E-state index is 0.114. The second-order valence-corrected chi connectivity index (χ2v) is 3.91. The van der Waals surface area contributed by atoms with Crippen LogP contribution in [0.5, 0.6) is 0 Å². The van der Waals surface area contributed by atoms with E-state index in [-0.39, 0.29) is 11.5 Å². The lowest BCUT2D eigenvalue weighted by Gasteiger charge is -2.23. The smallest absolute Gasteiger partial charge is 0.236 e. The third kappa shape index (κ3) is 2.97. The molecular weight excluding hydrogens is 168 g/mol. The predicted octanol–water partition coefficient (Wildman–Crippen LogP) is 0.0189. The largest absolute Gasteiger partial charge is 0.373 e. The highest BCUT2D eigenvalue weighted by molar-refractivity contribution is 5.81. The van der Waals surface area contributed by atoms with E-state index < -0.39 is 6.04 Å². The molecule has 1 unspecified atom stereocenters. The van der Waals surface area contributed by atoms with Crippen LogP contribution in [-0.4, -0.2) is 30.7 Å². The van der Waals surface area contributed by atoms with E-state index in [4.69, 9.17) is 10.5 Å². The molecule has 3 N–H and O–H groups in total. The first-order valence-electron chi connectivity index (χ1n) is 4.71. The molecule has 1 fully saturated rings. The number of rotatable bonds is 3. The van der Waals surface area contributed by atoms with Crippen molar-refractivity contribution in [3.8, 4) is 0 Å². The summed E-state index contributed by atoms with van der Waals surface area (Å²) in [6, 6.07) is -0.440. The third-order valence-corrected chi connectivity index (χ3v) is 2.35. The van der Waals surface area contributed by atoms with E-state index in [0.717, 1.165) is 19.4 Å². The molecule has 1 aliphatic rings. The normalized spacial score (nSPS) is 30.1. The molecule has 1 saturated heterocycles. The number of amides is 1. The Hall–Kier alpha value is -0.610. The summed E-state index contributed by atoms with van der Waals surface area (Å²) in [5.41, 5.74) is 5.23. The fourth-order valence-electron chi connectivity index (χ4n) is 1.41. The number of nitrogens with one attached hydrogen (secondary N) is 1. The Kier molecular flexibility index (Phi) is 3.27. The van der Waals surface area contributed by atoms with E-state index in [0.29, 0.717) is 6.54 Å². The van der Waals surface area contributed by atoms with Crippen LogP contribution in [0.1, 0.15) is 26.7 Å². The van der Waals surface area contributed by atoms with Gasteiger partial charge in [-0.1, -0.05) is 0 Å².